The van der Waals surface area contributed by atoms with Crippen LogP contribution in [0.3, 0.4) is 0 Å². The number of carbonyl (C=O) groups is 1. The lowest BCUT2D eigenvalue weighted by Gasteiger charge is -2.08. The summed E-state index contributed by atoms with van der Waals surface area (Å²) in [6.07, 6.45) is 0. The van der Waals surface area contributed by atoms with Crippen molar-refractivity contribution in [1.82, 2.24) is 5.43 Å². The predicted molar refractivity (Wildman–Crippen MR) is 98.1 cm³/mol. The topological polar surface area (TPSA) is 70.9 Å². The molecule has 2 N–H and O–H groups in total. The molecular formula is C16H13BrCl2N2O3. The molecule has 0 atom stereocenters. The number of benzene rings is 2. The summed E-state index contributed by atoms with van der Waals surface area (Å²) in [4.78, 5) is 11.8. The SMILES string of the molecule is CC(=NNC(=O)COc1cccc(Br)c1)c1cc(Cl)cc(Cl)c1O. The van der Waals surface area contributed by atoms with Crippen LogP contribution in [0.4, 0.5) is 0 Å². The van der Waals surface area contributed by atoms with E-state index in [1.807, 2.05) is 6.07 Å². The standard InChI is InChI=1S/C16H13BrCl2N2O3/c1-9(13-6-11(18)7-14(19)16(13)23)20-21-15(22)8-24-12-4-2-3-10(17)5-12/h2-7,23H,8H2,1H3,(H,21,22). The number of hydrogen-bond donors (Lipinski definition) is 2. The molecule has 0 aliphatic heterocycles. The van der Waals surface area contributed by atoms with Crippen LogP contribution in [-0.2, 0) is 4.79 Å². The van der Waals surface area contributed by atoms with Crippen LogP contribution in [-0.4, -0.2) is 23.3 Å². The van der Waals surface area contributed by atoms with Gasteiger partial charge in [-0.25, -0.2) is 5.43 Å². The average Bonchev–Trinajstić information content (AvgIpc) is 2.54. The number of nitrogens with zero attached hydrogens (tertiary/aromatic N) is 1. The van der Waals surface area contributed by atoms with Crippen LogP contribution in [0.25, 0.3) is 0 Å². The van der Waals surface area contributed by atoms with Crippen molar-refractivity contribution in [2.24, 2.45) is 5.10 Å². The fourth-order valence-electron chi connectivity index (χ4n) is 1.79. The molecule has 0 spiro atoms. The Morgan fingerprint density at radius 3 is 2.79 bits per heavy atom. The Kier molecular flexibility index (Phi) is 6.48. The van der Waals surface area contributed by atoms with E-state index in [4.69, 9.17) is 27.9 Å². The molecule has 5 nitrogen and oxygen atoms in total. The van der Waals surface area contributed by atoms with Crippen molar-refractivity contribution in [3.05, 3.63) is 56.5 Å². The first-order chi connectivity index (χ1) is 11.4. The fraction of sp³-hybridized carbons (Fsp3) is 0.125. The van der Waals surface area contributed by atoms with Gasteiger partial charge in [0.2, 0.25) is 0 Å². The fourth-order valence-corrected chi connectivity index (χ4v) is 2.66. The molecule has 0 fully saturated rings. The molecule has 0 unspecified atom stereocenters. The molecule has 0 saturated carbocycles. The molecule has 126 valence electrons. The van der Waals surface area contributed by atoms with Crippen LogP contribution in [0.15, 0.2) is 46.0 Å². The van der Waals surface area contributed by atoms with Crippen LogP contribution in [0, 0.1) is 0 Å². The molecule has 0 aliphatic rings. The first-order valence-electron chi connectivity index (χ1n) is 6.76. The molecule has 0 aliphatic carbocycles. The maximum Gasteiger partial charge on any atom is 0.277 e. The van der Waals surface area contributed by atoms with Gasteiger partial charge >= 0.3 is 0 Å². The second-order valence-corrected chi connectivity index (χ2v) is 6.52. The Hall–Kier alpha value is -1.76. The number of ether oxygens (including phenoxy) is 1. The summed E-state index contributed by atoms with van der Waals surface area (Å²) in [6, 6.07) is 10.0. The number of aromatic hydroxyl groups is 1. The maximum atomic E-state index is 11.8. The van der Waals surface area contributed by atoms with Crippen molar-refractivity contribution >= 4 is 50.8 Å². The monoisotopic (exact) mass is 430 g/mol. The summed E-state index contributed by atoms with van der Waals surface area (Å²) in [6.45, 7) is 1.41. The van der Waals surface area contributed by atoms with Crippen molar-refractivity contribution in [2.45, 2.75) is 6.92 Å². The molecule has 0 bridgehead atoms. The highest BCUT2D eigenvalue weighted by Gasteiger charge is 2.11. The number of hydrazone groups is 1. The Bertz CT molecular complexity index is 797. The summed E-state index contributed by atoms with van der Waals surface area (Å²) in [5.74, 6) is -0.0385. The lowest BCUT2D eigenvalue weighted by atomic mass is 10.1. The number of hydrogen-bond acceptors (Lipinski definition) is 4. The molecule has 0 aromatic heterocycles. The summed E-state index contributed by atoms with van der Waals surface area (Å²) < 4.78 is 6.20. The summed E-state index contributed by atoms with van der Waals surface area (Å²) >= 11 is 15.1. The van der Waals surface area contributed by atoms with Gasteiger partial charge in [0.1, 0.15) is 11.5 Å². The number of carbonyl (C=O) groups excluding carboxylic acids is 1. The van der Waals surface area contributed by atoms with Crippen LogP contribution in [0.5, 0.6) is 11.5 Å². The van der Waals surface area contributed by atoms with Gasteiger partial charge in [-0.2, -0.15) is 5.10 Å². The van der Waals surface area contributed by atoms with Gasteiger partial charge in [-0.15, -0.1) is 0 Å². The number of rotatable bonds is 5. The second-order valence-electron chi connectivity index (χ2n) is 4.76. The minimum atomic E-state index is -0.443. The lowest BCUT2D eigenvalue weighted by Crippen LogP contribution is -2.25. The van der Waals surface area contributed by atoms with Crippen LogP contribution in [0.1, 0.15) is 12.5 Å². The van der Waals surface area contributed by atoms with E-state index in [0.717, 1.165) is 4.47 Å². The molecule has 2 aromatic rings. The summed E-state index contributed by atoms with van der Waals surface area (Å²) in [5, 5.41) is 14.3. The predicted octanol–water partition coefficient (Wildman–Crippen LogP) is 4.38. The van der Waals surface area contributed by atoms with Gasteiger partial charge in [0.05, 0.1) is 10.7 Å². The lowest BCUT2D eigenvalue weighted by molar-refractivity contribution is -0.123. The first-order valence-corrected chi connectivity index (χ1v) is 8.31. The van der Waals surface area contributed by atoms with Crippen molar-refractivity contribution < 1.29 is 14.6 Å². The van der Waals surface area contributed by atoms with E-state index in [2.05, 4.69) is 26.5 Å². The van der Waals surface area contributed by atoms with E-state index in [0.29, 0.717) is 22.0 Å². The van der Waals surface area contributed by atoms with Crippen molar-refractivity contribution in [1.29, 1.82) is 0 Å². The zero-order valence-electron chi connectivity index (χ0n) is 12.5. The van der Waals surface area contributed by atoms with Crippen LogP contribution in [0.2, 0.25) is 10.0 Å². The van der Waals surface area contributed by atoms with Crippen LogP contribution < -0.4 is 10.2 Å². The summed E-state index contributed by atoms with van der Waals surface area (Å²) in [7, 11) is 0. The van der Waals surface area contributed by atoms with Gasteiger partial charge in [-0.3, -0.25) is 4.79 Å². The van der Waals surface area contributed by atoms with E-state index < -0.39 is 5.91 Å². The molecular weight excluding hydrogens is 419 g/mol. The Labute approximate surface area is 157 Å². The third-order valence-corrected chi connectivity index (χ3v) is 3.93. The quantitative estimate of drug-likeness (QED) is 0.545. The largest absolute Gasteiger partial charge is 0.506 e. The molecule has 0 radical (unpaired) electrons. The van der Waals surface area contributed by atoms with Gasteiger partial charge < -0.3 is 9.84 Å². The average molecular weight is 432 g/mol. The molecule has 1 amide bonds. The van der Waals surface area contributed by atoms with Gasteiger partial charge in [-0.1, -0.05) is 45.2 Å². The smallest absolute Gasteiger partial charge is 0.277 e. The van der Waals surface area contributed by atoms with Crippen molar-refractivity contribution in [3.8, 4) is 11.5 Å². The third kappa shape index (κ3) is 5.12. The molecule has 2 aromatic carbocycles. The molecule has 0 saturated heterocycles. The van der Waals surface area contributed by atoms with Crippen molar-refractivity contribution in [3.63, 3.8) is 0 Å². The van der Waals surface area contributed by atoms with E-state index in [1.54, 1.807) is 25.1 Å². The zero-order chi connectivity index (χ0) is 17.7. The third-order valence-electron chi connectivity index (χ3n) is 2.93. The summed E-state index contributed by atoms with van der Waals surface area (Å²) in [5.41, 5.74) is 3.04. The van der Waals surface area contributed by atoms with Crippen molar-refractivity contribution in [2.75, 3.05) is 6.61 Å². The molecule has 24 heavy (non-hydrogen) atoms. The van der Waals surface area contributed by atoms with Gasteiger partial charge in [0.25, 0.3) is 5.91 Å². The highest BCUT2D eigenvalue weighted by Crippen LogP contribution is 2.31. The number of phenolic OH excluding ortho intramolecular Hbond substituents is 1. The Morgan fingerprint density at radius 2 is 2.08 bits per heavy atom. The minimum Gasteiger partial charge on any atom is -0.506 e. The highest BCUT2D eigenvalue weighted by molar-refractivity contribution is 9.10. The van der Waals surface area contributed by atoms with E-state index in [9.17, 15) is 9.90 Å². The van der Waals surface area contributed by atoms with E-state index >= 15 is 0 Å². The maximum absolute atomic E-state index is 11.8. The van der Waals surface area contributed by atoms with Gasteiger partial charge in [0.15, 0.2) is 6.61 Å². The Morgan fingerprint density at radius 1 is 1.33 bits per heavy atom. The normalized spacial score (nSPS) is 11.2. The first kappa shape index (κ1) is 18.6. The molecule has 0 heterocycles. The number of amides is 1. The number of phenols is 1. The van der Waals surface area contributed by atoms with E-state index in [-0.39, 0.29) is 17.4 Å². The number of nitrogens with one attached hydrogen (secondary N) is 1. The van der Waals surface area contributed by atoms with Gasteiger partial charge in [0, 0.05) is 15.1 Å². The zero-order valence-corrected chi connectivity index (χ0v) is 15.6. The van der Waals surface area contributed by atoms with Gasteiger partial charge in [-0.05, 0) is 37.3 Å². The molecule has 2 rings (SSSR count). The Balaban J connectivity index is 1.98. The van der Waals surface area contributed by atoms with E-state index in [1.165, 1.54) is 12.1 Å². The minimum absolute atomic E-state index is 0.108. The highest BCUT2D eigenvalue weighted by atomic mass is 79.9. The number of halogens is 3. The molecule has 8 heteroatoms. The van der Waals surface area contributed by atoms with Crippen LogP contribution >= 0.6 is 39.1 Å². The second kappa shape index (κ2) is 8.37.